The number of guanidine groups is 1. The molecule has 0 amide bonds. The first-order valence-corrected chi connectivity index (χ1v) is 8.05. The Morgan fingerprint density at radius 1 is 1.33 bits per heavy atom. The van der Waals surface area contributed by atoms with Gasteiger partial charge in [-0.25, -0.2) is 4.39 Å². The minimum Gasteiger partial charge on any atom is -0.350 e. The van der Waals surface area contributed by atoms with Crippen molar-refractivity contribution in [2.75, 3.05) is 7.05 Å². The summed E-state index contributed by atoms with van der Waals surface area (Å²) in [7, 11) is 3.54. The molecule has 24 heavy (non-hydrogen) atoms. The molecule has 0 spiro atoms. The summed E-state index contributed by atoms with van der Waals surface area (Å²) >= 11 is 11.9. The Hall–Kier alpha value is -1.86. The Labute approximate surface area is 150 Å². The van der Waals surface area contributed by atoms with Gasteiger partial charge in [-0.05, 0) is 31.5 Å². The zero-order chi connectivity index (χ0) is 17.9. The molecule has 0 aliphatic carbocycles. The summed E-state index contributed by atoms with van der Waals surface area (Å²) in [5, 5.41) is 14.8. The number of nitrogens with zero attached hydrogens (tertiary/aromatic N) is 4. The number of rotatable bonds is 4. The number of benzene rings is 1. The van der Waals surface area contributed by atoms with Crippen molar-refractivity contribution in [3.05, 3.63) is 45.2 Å². The maximum atomic E-state index is 13.7. The van der Waals surface area contributed by atoms with Crippen LogP contribution in [-0.4, -0.2) is 27.8 Å². The number of hydrogen-bond donors (Lipinski definition) is 2. The minimum atomic E-state index is -0.512. The lowest BCUT2D eigenvalue weighted by molar-refractivity contribution is 0.615. The first-order valence-electron chi connectivity index (χ1n) is 7.30. The van der Waals surface area contributed by atoms with Gasteiger partial charge >= 0.3 is 0 Å². The monoisotopic (exact) mass is 372 g/mol. The summed E-state index contributed by atoms with van der Waals surface area (Å²) in [5.41, 5.74) is 0.594. The third-order valence-corrected chi connectivity index (χ3v) is 4.30. The van der Waals surface area contributed by atoms with Crippen LogP contribution in [0.4, 0.5) is 4.39 Å². The van der Waals surface area contributed by atoms with Crippen molar-refractivity contribution in [1.29, 1.82) is 0 Å². The summed E-state index contributed by atoms with van der Waals surface area (Å²) in [6, 6.07) is 2.45. The fourth-order valence-electron chi connectivity index (χ4n) is 2.11. The smallest absolute Gasteiger partial charge is 0.191 e. The highest BCUT2D eigenvalue weighted by molar-refractivity contribution is 6.35. The molecule has 0 fully saturated rings. The van der Waals surface area contributed by atoms with Crippen LogP contribution in [0.5, 0.6) is 0 Å². The Morgan fingerprint density at radius 2 is 2.04 bits per heavy atom. The van der Waals surface area contributed by atoms with Crippen LogP contribution in [0.2, 0.25) is 10.0 Å². The highest BCUT2D eigenvalue weighted by atomic mass is 35.5. The van der Waals surface area contributed by atoms with Gasteiger partial charge in [0, 0.05) is 19.1 Å². The van der Waals surface area contributed by atoms with E-state index >= 15 is 0 Å². The lowest BCUT2D eigenvalue weighted by Gasteiger charge is -2.19. The lowest BCUT2D eigenvalue weighted by atomic mass is 10.1. The first kappa shape index (κ1) is 18.5. The maximum Gasteiger partial charge on any atom is 0.191 e. The van der Waals surface area contributed by atoms with Gasteiger partial charge in [0.1, 0.15) is 11.6 Å². The fraction of sp³-hybridized carbons (Fsp3) is 0.400. The van der Waals surface area contributed by atoms with Crippen LogP contribution in [0.15, 0.2) is 17.1 Å². The second-order valence-electron chi connectivity index (χ2n) is 5.30. The van der Waals surface area contributed by atoms with Crippen LogP contribution in [0.25, 0.3) is 0 Å². The van der Waals surface area contributed by atoms with E-state index in [-0.39, 0.29) is 11.1 Å². The van der Waals surface area contributed by atoms with Crippen LogP contribution in [0, 0.1) is 12.7 Å². The van der Waals surface area contributed by atoms with Crippen LogP contribution in [0.3, 0.4) is 0 Å². The maximum absolute atomic E-state index is 13.7. The number of aliphatic imine (C=N–C) groups is 1. The third kappa shape index (κ3) is 4.15. The van der Waals surface area contributed by atoms with Crippen molar-refractivity contribution >= 4 is 29.2 Å². The van der Waals surface area contributed by atoms with Gasteiger partial charge in [0.15, 0.2) is 11.8 Å². The molecule has 1 atom stereocenters. The zero-order valence-electron chi connectivity index (χ0n) is 13.9. The summed E-state index contributed by atoms with van der Waals surface area (Å²) < 4.78 is 15.6. The molecule has 2 aromatic rings. The lowest BCUT2D eigenvalue weighted by Crippen LogP contribution is -2.38. The molecule has 1 aromatic heterocycles. The van der Waals surface area contributed by atoms with Gasteiger partial charge in [0.25, 0.3) is 0 Å². The van der Waals surface area contributed by atoms with Gasteiger partial charge in [-0.15, -0.1) is 10.2 Å². The van der Waals surface area contributed by atoms with Crippen LogP contribution >= 0.6 is 23.2 Å². The normalized spacial score (nSPS) is 13.0. The average Bonchev–Trinajstić information content (AvgIpc) is 2.86. The van der Waals surface area contributed by atoms with E-state index < -0.39 is 5.82 Å². The van der Waals surface area contributed by atoms with E-state index in [0.717, 1.165) is 11.6 Å². The first-order chi connectivity index (χ1) is 11.3. The van der Waals surface area contributed by atoms with Gasteiger partial charge in [-0.3, -0.25) is 4.99 Å². The van der Waals surface area contributed by atoms with Crippen LogP contribution in [-0.2, 0) is 13.6 Å². The van der Waals surface area contributed by atoms with E-state index in [0.29, 0.717) is 23.1 Å². The predicted molar refractivity (Wildman–Crippen MR) is 93.9 cm³/mol. The number of aryl methyl sites for hydroxylation is 1. The molecule has 6 nitrogen and oxygen atoms in total. The van der Waals surface area contributed by atoms with Crippen molar-refractivity contribution < 1.29 is 4.39 Å². The largest absolute Gasteiger partial charge is 0.350 e. The van der Waals surface area contributed by atoms with E-state index in [9.17, 15) is 4.39 Å². The molecule has 130 valence electrons. The number of hydrogen-bond acceptors (Lipinski definition) is 3. The van der Waals surface area contributed by atoms with Crippen molar-refractivity contribution in [2.45, 2.75) is 26.4 Å². The Balaban J connectivity index is 2.05. The Bertz CT molecular complexity index is 759. The van der Waals surface area contributed by atoms with Crippen molar-refractivity contribution in [2.24, 2.45) is 12.0 Å². The summed E-state index contributed by atoms with van der Waals surface area (Å²) in [6.07, 6.45) is 0. The Morgan fingerprint density at radius 3 is 2.62 bits per heavy atom. The topological polar surface area (TPSA) is 67.1 Å². The standard InChI is InChI=1S/C15H19Cl2FN6/c1-8(10-5-13(18)12(17)6-11(10)16)21-15(19-3)20-7-14-23-22-9(2)24(14)4/h5-6,8H,7H2,1-4H3,(H2,19,20,21). The highest BCUT2D eigenvalue weighted by Gasteiger charge is 2.15. The predicted octanol–water partition coefficient (Wildman–Crippen LogP) is 3.00. The van der Waals surface area contributed by atoms with Gasteiger partial charge < -0.3 is 15.2 Å². The number of nitrogens with one attached hydrogen (secondary N) is 2. The van der Waals surface area contributed by atoms with Crippen LogP contribution < -0.4 is 10.6 Å². The summed E-state index contributed by atoms with van der Waals surface area (Å²) in [4.78, 5) is 4.15. The van der Waals surface area contributed by atoms with Crippen LogP contribution in [0.1, 0.15) is 30.2 Å². The average molecular weight is 373 g/mol. The molecule has 9 heteroatoms. The second-order valence-corrected chi connectivity index (χ2v) is 6.12. The van der Waals surface area contributed by atoms with E-state index in [1.807, 2.05) is 25.5 Å². The molecular formula is C15H19Cl2FN6. The molecule has 0 bridgehead atoms. The third-order valence-electron chi connectivity index (χ3n) is 3.68. The molecule has 2 N–H and O–H groups in total. The summed E-state index contributed by atoms with van der Waals surface area (Å²) in [6.45, 7) is 4.18. The van der Waals surface area contributed by atoms with Gasteiger partial charge in [-0.2, -0.15) is 0 Å². The second kappa shape index (κ2) is 7.81. The molecule has 0 saturated heterocycles. The molecule has 0 aliphatic heterocycles. The van der Waals surface area contributed by atoms with E-state index in [2.05, 4.69) is 25.8 Å². The fourth-order valence-corrected chi connectivity index (χ4v) is 2.66. The molecule has 2 rings (SSSR count). The SMILES string of the molecule is CN=C(NCc1nnc(C)n1C)NC(C)c1cc(F)c(Cl)cc1Cl. The molecule has 0 aliphatic rings. The van der Waals surface area contributed by atoms with Crippen molar-refractivity contribution in [3.8, 4) is 0 Å². The van der Waals surface area contributed by atoms with E-state index in [1.54, 1.807) is 7.05 Å². The highest BCUT2D eigenvalue weighted by Crippen LogP contribution is 2.28. The Kier molecular flexibility index (Phi) is 6.01. The molecule has 0 radical (unpaired) electrons. The molecule has 1 aromatic carbocycles. The molecule has 1 unspecified atom stereocenters. The van der Waals surface area contributed by atoms with Crippen molar-refractivity contribution in [3.63, 3.8) is 0 Å². The summed E-state index contributed by atoms with van der Waals surface area (Å²) in [5.74, 6) is 1.63. The molecule has 1 heterocycles. The van der Waals surface area contributed by atoms with E-state index in [1.165, 1.54) is 12.1 Å². The molecular weight excluding hydrogens is 354 g/mol. The van der Waals surface area contributed by atoms with Gasteiger partial charge in [0.05, 0.1) is 17.6 Å². The molecule has 0 saturated carbocycles. The van der Waals surface area contributed by atoms with Crippen molar-refractivity contribution in [1.82, 2.24) is 25.4 Å². The quantitative estimate of drug-likeness (QED) is 0.491. The van der Waals surface area contributed by atoms with Gasteiger partial charge in [-0.1, -0.05) is 23.2 Å². The minimum absolute atomic E-state index is 0.00360. The number of aromatic nitrogens is 3. The van der Waals surface area contributed by atoms with E-state index in [4.69, 9.17) is 23.2 Å². The number of halogens is 3. The zero-order valence-corrected chi connectivity index (χ0v) is 15.4. The van der Waals surface area contributed by atoms with Gasteiger partial charge in [0.2, 0.25) is 0 Å².